The SMILES string of the molecule is CC(c1cnc(C(F)(F)F)cn1)N1C[C@@H](C)n2nc3c(c2C1=O)CN(C(=O)c1ccc(Cl)c(Cl)c1)[C@H](C)C3. The van der Waals surface area contributed by atoms with E-state index in [9.17, 15) is 22.8 Å². The summed E-state index contributed by atoms with van der Waals surface area (Å²) in [5, 5.41) is 5.32. The standard InChI is InChI=1S/C25H23Cl2F3N6O2/c1-12-6-19-16(11-34(12)23(37)15-4-5-17(26)18(27)7-15)22-24(38)35(10-13(2)36(22)33-19)14(3)20-8-32-21(9-31-20)25(28,29)30/h4-5,7-9,12-14H,6,10-11H2,1-3H3/t12-,13-,14?/m1/s1. The second-order valence-corrected chi connectivity index (χ2v) is 10.5. The second-order valence-electron chi connectivity index (χ2n) is 9.64. The van der Waals surface area contributed by atoms with Gasteiger partial charge in [0.2, 0.25) is 0 Å². The summed E-state index contributed by atoms with van der Waals surface area (Å²) in [6.45, 7) is 5.99. The predicted molar refractivity (Wildman–Crippen MR) is 133 cm³/mol. The summed E-state index contributed by atoms with van der Waals surface area (Å²) >= 11 is 12.1. The molecule has 38 heavy (non-hydrogen) atoms. The fourth-order valence-corrected chi connectivity index (χ4v) is 5.25. The molecule has 3 atom stereocenters. The van der Waals surface area contributed by atoms with E-state index in [0.29, 0.717) is 34.5 Å². The first-order valence-electron chi connectivity index (χ1n) is 11.9. The minimum absolute atomic E-state index is 0.172. The van der Waals surface area contributed by atoms with Crippen LogP contribution in [0, 0.1) is 0 Å². The van der Waals surface area contributed by atoms with Gasteiger partial charge in [-0.25, -0.2) is 4.98 Å². The lowest BCUT2D eigenvalue weighted by atomic mass is 9.97. The third-order valence-electron chi connectivity index (χ3n) is 7.07. The molecule has 0 bridgehead atoms. The number of rotatable bonds is 3. The molecule has 5 rings (SSSR count). The second kappa shape index (κ2) is 9.53. The van der Waals surface area contributed by atoms with Crippen LogP contribution in [-0.4, -0.2) is 53.9 Å². The maximum atomic E-state index is 13.7. The predicted octanol–water partition coefficient (Wildman–Crippen LogP) is 5.36. The summed E-state index contributed by atoms with van der Waals surface area (Å²) < 4.78 is 40.5. The fourth-order valence-electron chi connectivity index (χ4n) is 4.95. The largest absolute Gasteiger partial charge is 0.434 e. The molecular weight excluding hydrogens is 544 g/mol. The lowest BCUT2D eigenvalue weighted by molar-refractivity contribution is -0.141. The Bertz CT molecular complexity index is 1430. The smallest absolute Gasteiger partial charge is 0.331 e. The van der Waals surface area contributed by atoms with E-state index in [0.717, 1.165) is 11.9 Å². The molecule has 0 saturated heterocycles. The average Bonchev–Trinajstić information content (AvgIpc) is 3.25. The highest BCUT2D eigenvalue weighted by atomic mass is 35.5. The van der Waals surface area contributed by atoms with Crippen molar-refractivity contribution in [2.45, 2.75) is 58.0 Å². The van der Waals surface area contributed by atoms with Crippen LogP contribution in [0.25, 0.3) is 0 Å². The van der Waals surface area contributed by atoms with Gasteiger partial charge >= 0.3 is 6.18 Å². The number of carbonyl (C=O) groups is 2. The highest BCUT2D eigenvalue weighted by Gasteiger charge is 2.41. The normalized spacial score (nSPS) is 20.3. The Hall–Kier alpha value is -3.18. The van der Waals surface area contributed by atoms with Crippen molar-refractivity contribution in [2.24, 2.45) is 0 Å². The van der Waals surface area contributed by atoms with Crippen LogP contribution in [0.5, 0.6) is 0 Å². The van der Waals surface area contributed by atoms with Gasteiger partial charge in [0, 0.05) is 30.1 Å². The van der Waals surface area contributed by atoms with Crippen LogP contribution < -0.4 is 0 Å². The number of hydrogen-bond donors (Lipinski definition) is 0. The molecule has 0 N–H and O–H groups in total. The highest BCUT2D eigenvalue weighted by Crippen LogP contribution is 2.35. The van der Waals surface area contributed by atoms with Crippen LogP contribution in [0.15, 0.2) is 30.6 Å². The van der Waals surface area contributed by atoms with Gasteiger partial charge in [-0.1, -0.05) is 23.2 Å². The summed E-state index contributed by atoms with van der Waals surface area (Å²) in [5.41, 5.74) is 1.29. The summed E-state index contributed by atoms with van der Waals surface area (Å²) in [7, 11) is 0. The third-order valence-corrected chi connectivity index (χ3v) is 7.81. The van der Waals surface area contributed by atoms with Gasteiger partial charge in [0.05, 0.1) is 52.5 Å². The molecule has 0 fully saturated rings. The first-order chi connectivity index (χ1) is 17.9. The molecule has 3 aromatic rings. The number of aromatic nitrogens is 4. The molecular formula is C25H23Cl2F3N6O2. The summed E-state index contributed by atoms with van der Waals surface area (Å²) in [5.74, 6) is -0.578. The highest BCUT2D eigenvalue weighted by molar-refractivity contribution is 6.42. The van der Waals surface area contributed by atoms with E-state index in [1.54, 1.807) is 33.5 Å². The van der Waals surface area contributed by atoms with E-state index in [2.05, 4.69) is 9.97 Å². The monoisotopic (exact) mass is 566 g/mol. The quantitative estimate of drug-likeness (QED) is 0.426. The van der Waals surface area contributed by atoms with E-state index in [4.69, 9.17) is 28.3 Å². The Balaban J connectivity index is 1.45. The molecule has 2 amide bonds. The van der Waals surface area contributed by atoms with E-state index < -0.39 is 17.9 Å². The van der Waals surface area contributed by atoms with Crippen molar-refractivity contribution in [1.29, 1.82) is 0 Å². The molecule has 0 radical (unpaired) electrons. The zero-order valence-electron chi connectivity index (χ0n) is 20.6. The Morgan fingerprint density at radius 3 is 2.47 bits per heavy atom. The van der Waals surface area contributed by atoms with Crippen molar-refractivity contribution in [2.75, 3.05) is 6.54 Å². The number of amides is 2. The molecule has 2 aromatic heterocycles. The molecule has 8 nitrogen and oxygen atoms in total. The van der Waals surface area contributed by atoms with Crippen molar-refractivity contribution in [3.8, 4) is 0 Å². The van der Waals surface area contributed by atoms with Crippen LogP contribution in [0.2, 0.25) is 10.0 Å². The number of alkyl halides is 3. The number of fused-ring (bicyclic) bond motifs is 3. The number of nitrogens with zero attached hydrogens (tertiary/aromatic N) is 6. The lowest BCUT2D eigenvalue weighted by Gasteiger charge is -2.37. The van der Waals surface area contributed by atoms with Gasteiger partial charge in [-0.15, -0.1) is 0 Å². The molecule has 2 aliphatic heterocycles. The topological polar surface area (TPSA) is 84.2 Å². The van der Waals surface area contributed by atoms with Gasteiger partial charge in [-0.3, -0.25) is 19.3 Å². The minimum Gasteiger partial charge on any atom is -0.331 e. The van der Waals surface area contributed by atoms with Crippen LogP contribution in [0.4, 0.5) is 13.2 Å². The third kappa shape index (κ3) is 4.51. The van der Waals surface area contributed by atoms with Gasteiger partial charge in [0.1, 0.15) is 5.69 Å². The van der Waals surface area contributed by atoms with Crippen molar-refractivity contribution >= 4 is 35.0 Å². The fraction of sp³-hybridized carbons (Fsp3) is 0.400. The molecule has 0 saturated carbocycles. The Morgan fingerprint density at radius 1 is 1.11 bits per heavy atom. The van der Waals surface area contributed by atoms with Crippen LogP contribution in [-0.2, 0) is 19.1 Å². The number of hydrogen-bond acceptors (Lipinski definition) is 5. The first-order valence-corrected chi connectivity index (χ1v) is 12.7. The summed E-state index contributed by atoms with van der Waals surface area (Å²) in [6, 6.07) is 3.68. The maximum Gasteiger partial charge on any atom is 0.434 e. The Morgan fingerprint density at radius 2 is 1.84 bits per heavy atom. The van der Waals surface area contributed by atoms with Crippen molar-refractivity contribution in [3.63, 3.8) is 0 Å². The first kappa shape index (κ1) is 26.4. The van der Waals surface area contributed by atoms with E-state index in [1.165, 1.54) is 6.07 Å². The van der Waals surface area contributed by atoms with E-state index in [-0.39, 0.29) is 47.7 Å². The zero-order valence-corrected chi connectivity index (χ0v) is 22.1. The van der Waals surface area contributed by atoms with E-state index >= 15 is 0 Å². The number of carbonyl (C=O) groups excluding carboxylic acids is 2. The van der Waals surface area contributed by atoms with Gasteiger partial charge in [-0.2, -0.15) is 18.3 Å². The van der Waals surface area contributed by atoms with Crippen LogP contribution >= 0.6 is 23.2 Å². The molecule has 13 heteroatoms. The molecule has 1 aromatic carbocycles. The van der Waals surface area contributed by atoms with Gasteiger partial charge in [0.15, 0.2) is 5.69 Å². The Kier molecular flexibility index (Phi) is 6.63. The molecule has 200 valence electrons. The van der Waals surface area contributed by atoms with Crippen LogP contribution in [0.3, 0.4) is 0 Å². The number of halogens is 5. The summed E-state index contributed by atoms with van der Waals surface area (Å²) in [6.07, 6.45) is -2.42. The lowest BCUT2D eigenvalue weighted by Crippen LogP contribution is -2.45. The Labute approximate surface area is 226 Å². The molecule has 4 heterocycles. The summed E-state index contributed by atoms with van der Waals surface area (Å²) in [4.78, 5) is 37.8. The molecule has 0 aliphatic carbocycles. The maximum absolute atomic E-state index is 13.7. The molecule has 2 aliphatic rings. The van der Waals surface area contributed by atoms with Crippen molar-refractivity contribution in [1.82, 2.24) is 29.5 Å². The molecule has 1 unspecified atom stereocenters. The van der Waals surface area contributed by atoms with Gasteiger partial charge in [0.25, 0.3) is 11.8 Å². The molecule has 0 spiro atoms. The van der Waals surface area contributed by atoms with Crippen LogP contribution in [0.1, 0.15) is 76.3 Å². The minimum atomic E-state index is -4.60. The van der Waals surface area contributed by atoms with Gasteiger partial charge < -0.3 is 9.80 Å². The van der Waals surface area contributed by atoms with Gasteiger partial charge in [-0.05, 0) is 39.0 Å². The van der Waals surface area contributed by atoms with Crippen molar-refractivity contribution < 1.29 is 22.8 Å². The number of benzene rings is 1. The zero-order chi connectivity index (χ0) is 27.5. The average molecular weight is 567 g/mol. The van der Waals surface area contributed by atoms with E-state index in [1.807, 2.05) is 13.8 Å². The van der Waals surface area contributed by atoms with Crippen molar-refractivity contribution in [3.05, 3.63) is 74.5 Å².